The van der Waals surface area contributed by atoms with Crippen LogP contribution in [0.25, 0.3) is 0 Å². The highest BCUT2D eigenvalue weighted by atomic mass is 16.6. The summed E-state index contributed by atoms with van der Waals surface area (Å²) in [5, 5.41) is 3.41. The predicted octanol–water partition coefficient (Wildman–Crippen LogP) is 3.72. The van der Waals surface area contributed by atoms with Crippen molar-refractivity contribution >= 4 is 6.09 Å². The molecule has 0 spiro atoms. The maximum absolute atomic E-state index is 12.4. The monoisotopic (exact) mass is 296 g/mol. The Hall–Kier alpha value is -1.03. The van der Waals surface area contributed by atoms with Crippen LogP contribution >= 0.6 is 0 Å². The van der Waals surface area contributed by atoms with E-state index in [9.17, 15) is 4.79 Å². The molecule has 0 saturated carbocycles. The van der Waals surface area contributed by atoms with E-state index in [-0.39, 0.29) is 12.1 Å². The molecule has 1 fully saturated rings. The minimum absolute atomic E-state index is 0.162. The van der Waals surface area contributed by atoms with Crippen molar-refractivity contribution in [3.8, 4) is 0 Å². The van der Waals surface area contributed by atoms with Crippen molar-refractivity contribution in [1.29, 1.82) is 0 Å². The molecule has 0 aromatic rings. The highest BCUT2D eigenvalue weighted by Gasteiger charge is 2.30. The first kappa shape index (κ1) is 18.0. The molecule has 21 heavy (non-hydrogen) atoms. The van der Waals surface area contributed by atoms with Gasteiger partial charge in [0, 0.05) is 25.2 Å². The summed E-state index contributed by atoms with van der Waals surface area (Å²) in [5.74, 6) is 0. The fourth-order valence-corrected chi connectivity index (χ4v) is 2.76. The first-order valence-corrected chi connectivity index (χ1v) is 8.17. The lowest BCUT2D eigenvalue weighted by atomic mass is 10.0. The Morgan fingerprint density at radius 3 is 2.76 bits per heavy atom. The first-order chi connectivity index (χ1) is 9.83. The van der Waals surface area contributed by atoms with Crippen molar-refractivity contribution in [2.75, 3.05) is 13.1 Å². The van der Waals surface area contributed by atoms with Gasteiger partial charge in [0.05, 0.1) is 0 Å². The van der Waals surface area contributed by atoms with Crippen LogP contribution in [0.15, 0.2) is 12.7 Å². The highest BCUT2D eigenvalue weighted by molar-refractivity contribution is 5.68. The van der Waals surface area contributed by atoms with E-state index >= 15 is 0 Å². The summed E-state index contributed by atoms with van der Waals surface area (Å²) >= 11 is 0. The van der Waals surface area contributed by atoms with E-state index in [1.54, 1.807) is 0 Å². The number of ether oxygens (including phenoxy) is 1. The largest absolute Gasteiger partial charge is 0.444 e. The topological polar surface area (TPSA) is 41.6 Å². The van der Waals surface area contributed by atoms with Gasteiger partial charge in [-0.05, 0) is 47.0 Å². The fraction of sp³-hybridized carbons (Fsp3) is 0.824. The van der Waals surface area contributed by atoms with Crippen LogP contribution in [-0.4, -0.2) is 41.8 Å². The minimum atomic E-state index is -0.430. The van der Waals surface area contributed by atoms with Crippen LogP contribution in [0.4, 0.5) is 4.79 Å². The minimum Gasteiger partial charge on any atom is -0.444 e. The number of amides is 1. The second-order valence-corrected chi connectivity index (χ2v) is 7.01. The average molecular weight is 296 g/mol. The number of hydrogen-bond acceptors (Lipinski definition) is 3. The Morgan fingerprint density at radius 1 is 1.43 bits per heavy atom. The predicted molar refractivity (Wildman–Crippen MR) is 87.5 cm³/mol. The molecule has 1 amide bonds. The van der Waals surface area contributed by atoms with Gasteiger partial charge in [-0.1, -0.05) is 18.9 Å². The molecule has 1 rings (SSSR count). The standard InChI is InChI=1S/C17H32N2O2/c1-6-11-18-14(2)13-15-10-8-7-9-12-19(15)16(20)21-17(3,4)5/h6,14-15,18H,1,7-13H2,2-5H3. The molecule has 4 nitrogen and oxygen atoms in total. The first-order valence-electron chi connectivity index (χ1n) is 8.17. The molecule has 1 aliphatic heterocycles. The van der Waals surface area contributed by atoms with Gasteiger partial charge in [-0.3, -0.25) is 0 Å². The van der Waals surface area contributed by atoms with Gasteiger partial charge in [0.25, 0.3) is 0 Å². The molecule has 2 atom stereocenters. The molecule has 0 aromatic carbocycles. The maximum atomic E-state index is 12.4. The lowest BCUT2D eigenvalue weighted by Gasteiger charge is -2.33. The average Bonchev–Trinajstić information content (AvgIpc) is 2.59. The van der Waals surface area contributed by atoms with Gasteiger partial charge in [0.2, 0.25) is 0 Å². The second kappa shape index (κ2) is 8.42. The zero-order valence-corrected chi connectivity index (χ0v) is 14.2. The number of nitrogens with one attached hydrogen (secondary N) is 1. The summed E-state index contributed by atoms with van der Waals surface area (Å²) in [4.78, 5) is 14.4. The SMILES string of the molecule is C=CCNC(C)CC1CCCCCN1C(=O)OC(C)(C)C. The summed E-state index contributed by atoms with van der Waals surface area (Å²) in [7, 11) is 0. The smallest absolute Gasteiger partial charge is 0.410 e. The lowest BCUT2D eigenvalue weighted by Crippen LogP contribution is -2.45. The summed E-state index contributed by atoms with van der Waals surface area (Å²) in [6, 6.07) is 0.644. The van der Waals surface area contributed by atoms with Crippen LogP contribution in [0.2, 0.25) is 0 Å². The molecule has 122 valence electrons. The van der Waals surface area contributed by atoms with Crippen LogP contribution < -0.4 is 5.32 Å². The Morgan fingerprint density at radius 2 is 2.14 bits per heavy atom. The fourth-order valence-electron chi connectivity index (χ4n) is 2.76. The van der Waals surface area contributed by atoms with Crippen LogP contribution in [-0.2, 0) is 4.74 Å². The third-order valence-corrected chi connectivity index (χ3v) is 3.74. The molecule has 1 saturated heterocycles. The van der Waals surface area contributed by atoms with E-state index in [1.165, 1.54) is 12.8 Å². The second-order valence-electron chi connectivity index (χ2n) is 7.01. The van der Waals surface area contributed by atoms with E-state index in [0.717, 1.165) is 32.4 Å². The molecule has 0 aromatic heterocycles. The van der Waals surface area contributed by atoms with E-state index in [1.807, 2.05) is 31.7 Å². The lowest BCUT2D eigenvalue weighted by molar-refractivity contribution is 0.0151. The van der Waals surface area contributed by atoms with Gasteiger partial charge < -0.3 is 15.0 Å². The number of carbonyl (C=O) groups excluding carboxylic acids is 1. The van der Waals surface area contributed by atoms with E-state index in [0.29, 0.717) is 6.04 Å². The van der Waals surface area contributed by atoms with Crippen LogP contribution in [0.5, 0.6) is 0 Å². The molecule has 4 heteroatoms. The number of carbonyl (C=O) groups is 1. The van der Waals surface area contributed by atoms with Crippen molar-refractivity contribution in [2.24, 2.45) is 0 Å². The van der Waals surface area contributed by atoms with Crippen LogP contribution in [0, 0.1) is 0 Å². The zero-order chi connectivity index (χ0) is 15.9. The van der Waals surface area contributed by atoms with Gasteiger partial charge in [0.1, 0.15) is 5.60 Å². The third kappa shape index (κ3) is 6.98. The third-order valence-electron chi connectivity index (χ3n) is 3.74. The summed E-state index contributed by atoms with van der Waals surface area (Å²) in [6.07, 6.45) is 7.21. The number of likely N-dealkylation sites (tertiary alicyclic amines) is 1. The Kier molecular flexibility index (Phi) is 7.23. The summed E-state index contributed by atoms with van der Waals surface area (Å²) in [5.41, 5.74) is -0.430. The van der Waals surface area contributed by atoms with Gasteiger partial charge in [-0.25, -0.2) is 4.79 Å². The van der Waals surface area contributed by atoms with Crippen molar-refractivity contribution in [1.82, 2.24) is 10.2 Å². The molecule has 1 heterocycles. The van der Waals surface area contributed by atoms with Gasteiger partial charge in [0.15, 0.2) is 0 Å². The van der Waals surface area contributed by atoms with E-state index in [4.69, 9.17) is 4.74 Å². The quantitative estimate of drug-likeness (QED) is 0.786. The number of rotatable bonds is 5. The molecule has 1 aliphatic rings. The van der Waals surface area contributed by atoms with Crippen molar-refractivity contribution < 1.29 is 9.53 Å². The van der Waals surface area contributed by atoms with Crippen molar-refractivity contribution in [3.05, 3.63) is 12.7 Å². The van der Waals surface area contributed by atoms with Gasteiger partial charge in [-0.2, -0.15) is 0 Å². The number of nitrogens with zero attached hydrogens (tertiary/aromatic N) is 1. The van der Waals surface area contributed by atoms with Gasteiger partial charge >= 0.3 is 6.09 Å². The van der Waals surface area contributed by atoms with Crippen molar-refractivity contribution in [2.45, 2.75) is 77.5 Å². The molecule has 0 aliphatic carbocycles. The van der Waals surface area contributed by atoms with Crippen LogP contribution in [0.1, 0.15) is 59.8 Å². The molecule has 0 bridgehead atoms. The Balaban J connectivity index is 2.66. The van der Waals surface area contributed by atoms with E-state index < -0.39 is 5.60 Å². The molecular weight excluding hydrogens is 264 g/mol. The molecule has 0 radical (unpaired) electrons. The van der Waals surface area contributed by atoms with E-state index in [2.05, 4.69) is 18.8 Å². The summed E-state index contributed by atoms with van der Waals surface area (Å²) in [6.45, 7) is 13.3. The normalized spacial score (nSPS) is 21.5. The molecule has 2 unspecified atom stereocenters. The molecular formula is C17H32N2O2. The maximum Gasteiger partial charge on any atom is 0.410 e. The van der Waals surface area contributed by atoms with Crippen LogP contribution in [0.3, 0.4) is 0 Å². The summed E-state index contributed by atoms with van der Waals surface area (Å²) < 4.78 is 5.58. The molecule has 1 N–H and O–H groups in total. The Labute approximate surface area is 129 Å². The zero-order valence-electron chi connectivity index (χ0n) is 14.2. The Bertz CT molecular complexity index is 336. The van der Waals surface area contributed by atoms with Gasteiger partial charge in [-0.15, -0.1) is 6.58 Å². The van der Waals surface area contributed by atoms with Crippen molar-refractivity contribution in [3.63, 3.8) is 0 Å². The highest BCUT2D eigenvalue weighted by Crippen LogP contribution is 2.23. The number of hydrogen-bond donors (Lipinski definition) is 1.